The van der Waals surface area contributed by atoms with E-state index in [1.54, 1.807) is 10.9 Å². The number of hydrogen-bond acceptors (Lipinski definition) is 3. The van der Waals surface area contributed by atoms with Gasteiger partial charge in [-0.3, -0.25) is 4.68 Å². The standard InChI is InChI=1S/C19H27N3O/c1-19(23,17-12-21-22(2)13-17)14-20-18-10-8-16(9-11-18)15-6-4-3-5-7-15/h3-7,12-13,16,18,20,23H,8-11,14H2,1-2H3. The highest BCUT2D eigenvalue weighted by Gasteiger charge is 2.27. The Labute approximate surface area is 138 Å². The third kappa shape index (κ3) is 4.01. The molecule has 2 aromatic rings. The van der Waals surface area contributed by atoms with Crippen LogP contribution in [-0.4, -0.2) is 27.5 Å². The first-order valence-corrected chi connectivity index (χ1v) is 8.54. The second-order valence-corrected chi connectivity index (χ2v) is 7.02. The van der Waals surface area contributed by atoms with E-state index in [-0.39, 0.29) is 0 Å². The van der Waals surface area contributed by atoms with Gasteiger partial charge in [0.1, 0.15) is 5.60 Å². The normalized spacial score (nSPS) is 24.3. The molecule has 0 amide bonds. The molecule has 4 nitrogen and oxygen atoms in total. The lowest BCUT2D eigenvalue weighted by molar-refractivity contribution is 0.0519. The topological polar surface area (TPSA) is 50.1 Å². The van der Waals surface area contributed by atoms with Gasteiger partial charge in [0, 0.05) is 31.4 Å². The molecule has 0 bridgehead atoms. The highest BCUT2D eigenvalue weighted by molar-refractivity contribution is 5.20. The van der Waals surface area contributed by atoms with Crippen LogP contribution in [0.5, 0.6) is 0 Å². The van der Waals surface area contributed by atoms with Crippen molar-refractivity contribution in [2.75, 3.05) is 6.54 Å². The summed E-state index contributed by atoms with van der Waals surface area (Å²) in [4.78, 5) is 0. The minimum Gasteiger partial charge on any atom is -0.384 e. The van der Waals surface area contributed by atoms with Gasteiger partial charge in [0.05, 0.1) is 6.20 Å². The first kappa shape index (κ1) is 16.2. The van der Waals surface area contributed by atoms with E-state index >= 15 is 0 Å². The average molecular weight is 313 g/mol. The summed E-state index contributed by atoms with van der Waals surface area (Å²) in [6.07, 6.45) is 8.40. The molecule has 1 heterocycles. The second-order valence-electron chi connectivity index (χ2n) is 7.02. The molecule has 1 aliphatic rings. The minimum absolute atomic E-state index is 0.498. The molecule has 1 saturated carbocycles. The molecule has 124 valence electrons. The highest BCUT2D eigenvalue weighted by atomic mass is 16.3. The zero-order valence-electron chi connectivity index (χ0n) is 14.1. The minimum atomic E-state index is -0.870. The van der Waals surface area contributed by atoms with E-state index in [0.717, 1.165) is 5.56 Å². The van der Waals surface area contributed by atoms with Gasteiger partial charge in [-0.1, -0.05) is 30.3 Å². The van der Waals surface area contributed by atoms with E-state index in [9.17, 15) is 5.11 Å². The molecule has 0 spiro atoms. The zero-order valence-corrected chi connectivity index (χ0v) is 14.1. The lowest BCUT2D eigenvalue weighted by atomic mass is 9.81. The van der Waals surface area contributed by atoms with Crippen molar-refractivity contribution in [1.82, 2.24) is 15.1 Å². The van der Waals surface area contributed by atoms with E-state index in [4.69, 9.17) is 0 Å². The number of benzene rings is 1. The van der Waals surface area contributed by atoms with Gasteiger partial charge in [0.15, 0.2) is 0 Å². The molecule has 0 saturated heterocycles. The lowest BCUT2D eigenvalue weighted by Gasteiger charge is -2.32. The van der Waals surface area contributed by atoms with E-state index in [0.29, 0.717) is 18.5 Å². The third-order valence-corrected chi connectivity index (χ3v) is 5.06. The largest absolute Gasteiger partial charge is 0.384 e. The monoisotopic (exact) mass is 313 g/mol. The molecular weight excluding hydrogens is 286 g/mol. The molecule has 1 unspecified atom stereocenters. The summed E-state index contributed by atoms with van der Waals surface area (Å²) >= 11 is 0. The maximum atomic E-state index is 10.6. The van der Waals surface area contributed by atoms with Crippen molar-refractivity contribution in [3.05, 3.63) is 53.9 Å². The van der Waals surface area contributed by atoms with Crippen LogP contribution in [0, 0.1) is 0 Å². The number of aromatic nitrogens is 2. The summed E-state index contributed by atoms with van der Waals surface area (Å²) in [7, 11) is 1.87. The van der Waals surface area contributed by atoms with E-state index in [1.165, 1.54) is 31.2 Å². The number of aliphatic hydroxyl groups is 1. The van der Waals surface area contributed by atoms with Crippen molar-refractivity contribution in [3.8, 4) is 0 Å². The summed E-state index contributed by atoms with van der Waals surface area (Å²) < 4.78 is 1.73. The number of hydrogen-bond donors (Lipinski definition) is 2. The first-order chi connectivity index (χ1) is 11.0. The molecule has 23 heavy (non-hydrogen) atoms. The Bertz CT molecular complexity index is 613. The Kier molecular flexibility index (Phi) is 4.83. The predicted molar refractivity (Wildman–Crippen MR) is 92.2 cm³/mol. The van der Waals surface area contributed by atoms with Gasteiger partial charge < -0.3 is 10.4 Å². The average Bonchev–Trinajstić information content (AvgIpc) is 3.02. The van der Waals surface area contributed by atoms with Crippen LogP contribution >= 0.6 is 0 Å². The molecule has 0 radical (unpaired) electrons. The summed E-state index contributed by atoms with van der Waals surface area (Å²) in [5.74, 6) is 0.688. The van der Waals surface area contributed by atoms with Crippen LogP contribution in [-0.2, 0) is 12.6 Å². The molecule has 1 aliphatic carbocycles. The van der Waals surface area contributed by atoms with Crippen molar-refractivity contribution in [3.63, 3.8) is 0 Å². The maximum absolute atomic E-state index is 10.6. The van der Waals surface area contributed by atoms with Crippen molar-refractivity contribution < 1.29 is 5.11 Å². The summed E-state index contributed by atoms with van der Waals surface area (Å²) in [5.41, 5.74) is 1.46. The molecule has 1 atom stereocenters. The van der Waals surface area contributed by atoms with Gasteiger partial charge in [0.2, 0.25) is 0 Å². The lowest BCUT2D eigenvalue weighted by Crippen LogP contribution is -2.42. The molecule has 1 fully saturated rings. The van der Waals surface area contributed by atoms with Gasteiger partial charge in [0.25, 0.3) is 0 Å². The Morgan fingerprint density at radius 3 is 2.52 bits per heavy atom. The number of nitrogens with zero attached hydrogens (tertiary/aromatic N) is 2. The Balaban J connectivity index is 1.49. The maximum Gasteiger partial charge on any atom is 0.102 e. The van der Waals surface area contributed by atoms with Gasteiger partial charge in [-0.2, -0.15) is 5.10 Å². The molecule has 1 aromatic heterocycles. The Morgan fingerprint density at radius 2 is 1.91 bits per heavy atom. The van der Waals surface area contributed by atoms with Gasteiger partial charge in [-0.25, -0.2) is 0 Å². The van der Waals surface area contributed by atoms with E-state index < -0.39 is 5.60 Å². The predicted octanol–water partition coefficient (Wildman–Crippen LogP) is 2.94. The molecule has 4 heteroatoms. The fraction of sp³-hybridized carbons (Fsp3) is 0.526. The number of rotatable bonds is 5. The molecule has 3 rings (SSSR count). The Morgan fingerprint density at radius 1 is 1.22 bits per heavy atom. The van der Waals surface area contributed by atoms with Crippen LogP contribution in [0.3, 0.4) is 0 Å². The Hall–Kier alpha value is -1.65. The van der Waals surface area contributed by atoms with Crippen molar-refractivity contribution in [2.24, 2.45) is 7.05 Å². The number of aryl methyl sites for hydroxylation is 1. The van der Waals surface area contributed by atoms with Crippen LogP contribution in [0.2, 0.25) is 0 Å². The zero-order chi connectivity index (χ0) is 16.3. The molecular formula is C19H27N3O. The van der Waals surface area contributed by atoms with Crippen molar-refractivity contribution in [1.29, 1.82) is 0 Å². The summed E-state index contributed by atoms with van der Waals surface area (Å²) in [6.45, 7) is 2.42. The van der Waals surface area contributed by atoms with Crippen LogP contribution in [0.1, 0.15) is 49.7 Å². The second kappa shape index (κ2) is 6.85. The fourth-order valence-corrected chi connectivity index (χ4v) is 3.50. The van der Waals surface area contributed by atoms with Crippen molar-refractivity contribution >= 4 is 0 Å². The van der Waals surface area contributed by atoms with Crippen molar-refractivity contribution in [2.45, 2.75) is 50.2 Å². The fourth-order valence-electron chi connectivity index (χ4n) is 3.50. The van der Waals surface area contributed by atoms with Crippen LogP contribution in [0.25, 0.3) is 0 Å². The van der Waals surface area contributed by atoms with Gasteiger partial charge in [-0.05, 0) is 44.1 Å². The smallest absolute Gasteiger partial charge is 0.102 e. The van der Waals surface area contributed by atoms with E-state index in [1.807, 2.05) is 20.2 Å². The SMILES string of the molecule is Cn1cc(C(C)(O)CNC2CCC(c3ccccc3)CC2)cn1. The summed E-state index contributed by atoms with van der Waals surface area (Å²) in [5, 5.41) is 18.3. The third-order valence-electron chi connectivity index (χ3n) is 5.06. The molecule has 1 aromatic carbocycles. The number of nitrogens with one attached hydrogen (secondary N) is 1. The van der Waals surface area contributed by atoms with E-state index in [2.05, 4.69) is 40.7 Å². The van der Waals surface area contributed by atoms with Crippen LogP contribution in [0.4, 0.5) is 0 Å². The van der Waals surface area contributed by atoms with Gasteiger partial charge in [-0.15, -0.1) is 0 Å². The van der Waals surface area contributed by atoms with Crippen LogP contribution in [0.15, 0.2) is 42.7 Å². The highest BCUT2D eigenvalue weighted by Crippen LogP contribution is 2.33. The molecule has 0 aliphatic heterocycles. The van der Waals surface area contributed by atoms with Gasteiger partial charge >= 0.3 is 0 Å². The quantitative estimate of drug-likeness (QED) is 0.892. The summed E-state index contributed by atoms with van der Waals surface area (Å²) in [6, 6.07) is 11.3. The first-order valence-electron chi connectivity index (χ1n) is 8.54. The van der Waals surface area contributed by atoms with Crippen LogP contribution < -0.4 is 5.32 Å². The molecule has 2 N–H and O–H groups in total.